The van der Waals surface area contributed by atoms with Crippen LogP contribution in [-0.4, -0.2) is 23.8 Å². The molecule has 0 bridgehead atoms. The van der Waals surface area contributed by atoms with Gasteiger partial charge < -0.3 is 14.8 Å². The molecule has 3 rings (SSSR count). The molecule has 1 heterocycles. The number of para-hydroxylation sites is 2. The first-order valence-corrected chi connectivity index (χ1v) is 9.07. The number of rotatable bonds is 7. The lowest BCUT2D eigenvalue weighted by Crippen LogP contribution is -2.13. The van der Waals surface area contributed by atoms with Crippen LogP contribution in [0.1, 0.15) is 10.4 Å². The zero-order chi connectivity index (χ0) is 19.9. The maximum Gasteiger partial charge on any atom is 0.290 e. The predicted octanol–water partition coefficient (Wildman–Crippen LogP) is 5.45. The Morgan fingerprint density at radius 2 is 1.75 bits per heavy atom. The molecule has 0 saturated heterocycles. The number of nitrogens with zero attached hydrogens (tertiary/aromatic N) is 1. The minimum absolute atomic E-state index is 0.0221. The van der Waals surface area contributed by atoms with Gasteiger partial charge in [0.2, 0.25) is 0 Å². The molecule has 1 amide bonds. The number of halogens is 2. The summed E-state index contributed by atoms with van der Waals surface area (Å²) in [5.41, 5.74) is 0.580. The molecule has 0 spiro atoms. The number of amides is 1. The van der Waals surface area contributed by atoms with Gasteiger partial charge in [0.05, 0.1) is 12.7 Å². The SMILES string of the molecule is COc1ccccc1Oc1ccc(NC(=O)c2cccnc2SC(F)F)cc1. The second kappa shape index (κ2) is 9.18. The average molecular weight is 402 g/mol. The topological polar surface area (TPSA) is 60.5 Å². The molecule has 5 nitrogen and oxygen atoms in total. The van der Waals surface area contributed by atoms with Gasteiger partial charge >= 0.3 is 0 Å². The molecule has 1 aromatic heterocycles. The predicted molar refractivity (Wildman–Crippen MR) is 104 cm³/mol. The number of carbonyl (C=O) groups excluding carboxylic acids is 1. The second-order valence-corrected chi connectivity index (χ2v) is 6.44. The van der Waals surface area contributed by atoms with Gasteiger partial charge in [0.25, 0.3) is 11.7 Å². The Morgan fingerprint density at radius 3 is 2.43 bits per heavy atom. The van der Waals surface area contributed by atoms with E-state index in [1.165, 1.54) is 18.3 Å². The highest BCUT2D eigenvalue weighted by Gasteiger charge is 2.16. The highest BCUT2D eigenvalue weighted by molar-refractivity contribution is 7.99. The van der Waals surface area contributed by atoms with Gasteiger partial charge in [-0.2, -0.15) is 8.78 Å². The van der Waals surface area contributed by atoms with Gasteiger partial charge in [-0.05, 0) is 60.3 Å². The first-order chi connectivity index (χ1) is 13.6. The molecular weight excluding hydrogens is 386 g/mol. The van der Waals surface area contributed by atoms with Crippen molar-refractivity contribution < 1.29 is 23.0 Å². The fraction of sp³-hybridized carbons (Fsp3) is 0.100. The fourth-order valence-electron chi connectivity index (χ4n) is 2.38. The molecule has 3 aromatic rings. The Labute approximate surface area is 164 Å². The third kappa shape index (κ3) is 4.98. The molecule has 0 atom stereocenters. The van der Waals surface area contributed by atoms with Crippen LogP contribution in [0.5, 0.6) is 17.2 Å². The number of thioether (sulfide) groups is 1. The fourth-order valence-corrected chi connectivity index (χ4v) is 2.95. The Balaban J connectivity index is 1.70. The standard InChI is InChI=1S/C20H16F2N2O3S/c1-26-16-6-2-3-7-17(16)27-14-10-8-13(9-11-14)24-18(25)15-5-4-12-23-19(15)28-20(21)22/h2-12,20H,1H3,(H,24,25). The molecule has 0 unspecified atom stereocenters. The number of hydrogen-bond acceptors (Lipinski definition) is 5. The summed E-state index contributed by atoms with van der Waals surface area (Å²) in [5, 5.41) is 2.65. The average Bonchev–Trinajstić information content (AvgIpc) is 2.70. The van der Waals surface area contributed by atoms with E-state index >= 15 is 0 Å². The van der Waals surface area contributed by atoms with E-state index in [4.69, 9.17) is 9.47 Å². The van der Waals surface area contributed by atoms with E-state index in [1.54, 1.807) is 43.5 Å². The summed E-state index contributed by atoms with van der Waals surface area (Å²) in [4.78, 5) is 16.3. The summed E-state index contributed by atoms with van der Waals surface area (Å²) < 4.78 is 36.3. The Hall–Kier alpha value is -3.13. The van der Waals surface area contributed by atoms with Gasteiger partial charge in [-0.15, -0.1) is 0 Å². The summed E-state index contributed by atoms with van der Waals surface area (Å²) in [6.45, 7) is 0. The summed E-state index contributed by atoms with van der Waals surface area (Å²) in [7, 11) is 1.56. The van der Waals surface area contributed by atoms with E-state index in [0.717, 1.165) is 0 Å². The Morgan fingerprint density at radius 1 is 1.04 bits per heavy atom. The zero-order valence-corrected chi connectivity index (χ0v) is 15.6. The van der Waals surface area contributed by atoms with Crippen molar-refractivity contribution >= 4 is 23.4 Å². The van der Waals surface area contributed by atoms with Crippen molar-refractivity contribution in [2.75, 3.05) is 12.4 Å². The van der Waals surface area contributed by atoms with Gasteiger partial charge in [0.1, 0.15) is 10.8 Å². The van der Waals surface area contributed by atoms with E-state index in [1.807, 2.05) is 12.1 Å². The number of nitrogens with one attached hydrogen (secondary N) is 1. The summed E-state index contributed by atoms with van der Waals surface area (Å²) in [5.74, 6) is -1.47. The number of hydrogen-bond donors (Lipinski definition) is 1. The van der Waals surface area contributed by atoms with Gasteiger partial charge in [0.15, 0.2) is 11.5 Å². The molecule has 0 fully saturated rings. The maximum absolute atomic E-state index is 12.6. The first-order valence-electron chi connectivity index (χ1n) is 8.19. The van der Waals surface area contributed by atoms with Crippen molar-refractivity contribution in [3.63, 3.8) is 0 Å². The van der Waals surface area contributed by atoms with Crippen molar-refractivity contribution in [2.45, 2.75) is 10.8 Å². The Bertz CT molecular complexity index is 952. The number of carbonyl (C=O) groups is 1. The minimum Gasteiger partial charge on any atom is -0.493 e. The van der Waals surface area contributed by atoms with Crippen molar-refractivity contribution in [3.05, 3.63) is 72.4 Å². The highest BCUT2D eigenvalue weighted by atomic mass is 32.2. The van der Waals surface area contributed by atoms with Gasteiger partial charge in [-0.3, -0.25) is 4.79 Å². The largest absolute Gasteiger partial charge is 0.493 e. The van der Waals surface area contributed by atoms with Crippen LogP contribution in [0.15, 0.2) is 71.9 Å². The van der Waals surface area contributed by atoms with E-state index in [9.17, 15) is 13.6 Å². The molecule has 8 heteroatoms. The van der Waals surface area contributed by atoms with Crippen LogP contribution in [0.4, 0.5) is 14.5 Å². The second-order valence-electron chi connectivity index (χ2n) is 5.47. The minimum atomic E-state index is -2.66. The van der Waals surface area contributed by atoms with E-state index in [-0.39, 0.29) is 22.4 Å². The number of anilines is 1. The molecule has 0 saturated carbocycles. The van der Waals surface area contributed by atoms with Crippen LogP contribution >= 0.6 is 11.8 Å². The maximum atomic E-state index is 12.6. The Kier molecular flexibility index (Phi) is 6.44. The lowest BCUT2D eigenvalue weighted by molar-refractivity contribution is 0.102. The zero-order valence-electron chi connectivity index (χ0n) is 14.8. The first kappa shape index (κ1) is 19.6. The molecule has 144 valence electrons. The molecule has 0 radical (unpaired) electrons. The van der Waals surface area contributed by atoms with Gasteiger partial charge in [-0.1, -0.05) is 12.1 Å². The van der Waals surface area contributed by atoms with Crippen LogP contribution in [0.3, 0.4) is 0 Å². The summed E-state index contributed by atoms with van der Waals surface area (Å²) in [6.07, 6.45) is 1.37. The summed E-state index contributed by atoms with van der Waals surface area (Å²) in [6, 6.07) is 16.9. The smallest absolute Gasteiger partial charge is 0.290 e. The quantitative estimate of drug-likeness (QED) is 0.533. The summed E-state index contributed by atoms with van der Waals surface area (Å²) >= 11 is 0.234. The number of pyridine rings is 1. The third-order valence-corrected chi connectivity index (χ3v) is 4.35. The van der Waals surface area contributed by atoms with Crippen molar-refractivity contribution in [1.82, 2.24) is 4.98 Å². The van der Waals surface area contributed by atoms with Crippen LogP contribution in [0, 0.1) is 0 Å². The van der Waals surface area contributed by atoms with Crippen LogP contribution in [0.2, 0.25) is 0 Å². The number of alkyl halides is 2. The molecule has 2 aromatic carbocycles. The number of benzene rings is 2. The van der Waals surface area contributed by atoms with Crippen molar-refractivity contribution in [2.24, 2.45) is 0 Å². The normalized spacial score (nSPS) is 10.6. The van der Waals surface area contributed by atoms with Crippen molar-refractivity contribution in [1.29, 1.82) is 0 Å². The number of ether oxygens (including phenoxy) is 2. The highest BCUT2D eigenvalue weighted by Crippen LogP contribution is 2.31. The number of methoxy groups -OCH3 is 1. The van der Waals surface area contributed by atoms with Crippen LogP contribution in [-0.2, 0) is 0 Å². The van der Waals surface area contributed by atoms with Crippen LogP contribution in [0.25, 0.3) is 0 Å². The van der Waals surface area contributed by atoms with E-state index in [2.05, 4.69) is 10.3 Å². The molecule has 1 N–H and O–H groups in total. The van der Waals surface area contributed by atoms with Crippen molar-refractivity contribution in [3.8, 4) is 17.2 Å². The van der Waals surface area contributed by atoms with E-state index in [0.29, 0.717) is 22.9 Å². The lowest BCUT2D eigenvalue weighted by Gasteiger charge is -2.11. The van der Waals surface area contributed by atoms with Crippen LogP contribution < -0.4 is 14.8 Å². The number of aromatic nitrogens is 1. The molecular formula is C20H16F2N2O3S. The molecule has 0 aliphatic heterocycles. The molecule has 0 aliphatic rings. The van der Waals surface area contributed by atoms with Gasteiger partial charge in [0, 0.05) is 11.9 Å². The monoisotopic (exact) mass is 402 g/mol. The molecule has 0 aliphatic carbocycles. The lowest BCUT2D eigenvalue weighted by atomic mass is 10.2. The third-order valence-electron chi connectivity index (χ3n) is 3.63. The molecule has 28 heavy (non-hydrogen) atoms. The van der Waals surface area contributed by atoms with E-state index < -0.39 is 11.7 Å². The van der Waals surface area contributed by atoms with Gasteiger partial charge in [-0.25, -0.2) is 4.98 Å².